The fourth-order valence-electron chi connectivity index (χ4n) is 3.04. The van der Waals surface area contributed by atoms with Gasteiger partial charge in [0.2, 0.25) is 0 Å². The molecule has 2 aromatic rings. The van der Waals surface area contributed by atoms with Gasteiger partial charge in [-0.25, -0.2) is 5.43 Å². The van der Waals surface area contributed by atoms with Crippen molar-refractivity contribution in [1.82, 2.24) is 5.43 Å². The monoisotopic (exact) mass is 268 g/mol. The van der Waals surface area contributed by atoms with E-state index in [0.717, 1.165) is 11.3 Å². The molecule has 20 heavy (non-hydrogen) atoms. The summed E-state index contributed by atoms with van der Waals surface area (Å²) >= 11 is 0. The maximum Gasteiger partial charge on any atom is 0.124 e. The van der Waals surface area contributed by atoms with Gasteiger partial charge in [-0.2, -0.15) is 0 Å². The minimum atomic E-state index is -0.0444. The molecule has 3 rings (SSSR count). The number of rotatable bonds is 4. The van der Waals surface area contributed by atoms with Crippen molar-refractivity contribution >= 4 is 0 Å². The van der Waals surface area contributed by atoms with Gasteiger partial charge < -0.3 is 4.74 Å². The Morgan fingerprint density at radius 3 is 2.70 bits per heavy atom. The van der Waals surface area contributed by atoms with Crippen molar-refractivity contribution in [3.05, 3.63) is 64.7 Å². The number of para-hydroxylation sites is 1. The van der Waals surface area contributed by atoms with E-state index in [1.54, 1.807) is 7.11 Å². The summed E-state index contributed by atoms with van der Waals surface area (Å²) in [6, 6.07) is 14.6. The number of fused-ring (bicyclic) bond motifs is 1. The number of nitrogens with one attached hydrogen (secondary N) is 1. The van der Waals surface area contributed by atoms with Crippen molar-refractivity contribution in [2.45, 2.75) is 25.3 Å². The van der Waals surface area contributed by atoms with Gasteiger partial charge in [0, 0.05) is 5.56 Å². The van der Waals surface area contributed by atoms with Crippen LogP contribution >= 0.6 is 0 Å². The summed E-state index contributed by atoms with van der Waals surface area (Å²) in [5.74, 6) is 6.66. The molecule has 3 N–H and O–H groups in total. The van der Waals surface area contributed by atoms with Crippen LogP contribution in [0.15, 0.2) is 42.5 Å². The van der Waals surface area contributed by atoms with Crippen LogP contribution in [-0.2, 0) is 12.8 Å². The van der Waals surface area contributed by atoms with Crippen LogP contribution in [0.5, 0.6) is 5.75 Å². The number of hydrazine groups is 1. The van der Waals surface area contributed by atoms with Crippen molar-refractivity contribution < 1.29 is 4.74 Å². The Morgan fingerprint density at radius 2 is 1.90 bits per heavy atom. The number of hydrogen-bond acceptors (Lipinski definition) is 3. The summed E-state index contributed by atoms with van der Waals surface area (Å²) in [7, 11) is 1.69. The number of ether oxygens (including phenoxy) is 1. The quantitative estimate of drug-likeness (QED) is 0.662. The van der Waals surface area contributed by atoms with Gasteiger partial charge >= 0.3 is 0 Å². The first-order valence-corrected chi connectivity index (χ1v) is 7.04. The highest BCUT2D eigenvalue weighted by atomic mass is 16.5. The molecule has 3 heteroatoms. The molecule has 1 unspecified atom stereocenters. The van der Waals surface area contributed by atoms with E-state index in [-0.39, 0.29) is 6.04 Å². The SMILES string of the molecule is COc1ccccc1C(NN)c1ccc2c(c1)CCC2. The number of benzene rings is 2. The van der Waals surface area contributed by atoms with Crippen LogP contribution in [0.4, 0.5) is 0 Å². The molecule has 1 atom stereocenters. The van der Waals surface area contributed by atoms with E-state index in [1.807, 2.05) is 18.2 Å². The summed E-state index contributed by atoms with van der Waals surface area (Å²) in [6.45, 7) is 0. The Bertz CT molecular complexity index is 610. The molecule has 0 bridgehead atoms. The summed E-state index contributed by atoms with van der Waals surface area (Å²) in [4.78, 5) is 0. The van der Waals surface area contributed by atoms with E-state index in [0.29, 0.717) is 0 Å². The molecule has 104 valence electrons. The number of methoxy groups -OCH3 is 1. The van der Waals surface area contributed by atoms with E-state index in [9.17, 15) is 0 Å². The molecule has 0 heterocycles. The lowest BCUT2D eigenvalue weighted by molar-refractivity contribution is 0.404. The zero-order valence-electron chi connectivity index (χ0n) is 11.7. The second-order valence-electron chi connectivity index (χ2n) is 5.22. The summed E-state index contributed by atoms with van der Waals surface area (Å²) in [5.41, 5.74) is 8.11. The lowest BCUT2D eigenvalue weighted by atomic mass is 9.95. The molecule has 0 aliphatic heterocycles. The molecule has 2 aromatic carbocycles. The van der Waals surface area contributed by atoms with Crippen LogP contribution in [0.1, 0.15) is 34.7 Å². The highest BCUT2D eigenvalue weighted by molar-refractivity contribution is 5.44. The molecule has 0 radical (unpaired) electrons. The number of hydrogen-bond donors (Lipinski definition) is 2. The van der Waals surface area contributed by atoms with Crippen molar-refractivity contribution in [2.75, 3.05) is 7.11 Å². The molecule has 0 spiro atoms. The first-order valence-electron chi connectivity index (χ1n) is 7.04. The zero-order valence-corrected chi connectivity index (χ0v) is 11.7. The molecule has 0 amide bonds. The lowest BCUT2D eigenvalue weighted by Crippen LogP contribution is -2.29. The van der Waals surface area contributed by atoms with Crippen LogP contribution < -0.4 is 16.0 Å². The Balaban J connectivity index is 2.01. The molecular formula is C17H20N2O. The van der Waals surface area contributed by atoms with E-state index in [1.165, 1.54) is 36.0 Å². The molecule has 0 saturated heterocycles. The average Bonchev–Trinajstić information content (AvgIpc) is 2.96. The maximum absolute atomic E-state index is 5.80. The molecule has 3 nitrogen and oxygen atoms in total. The van der Waals surface area contributed by atoms with Crippen molar-refractivity contribution in [3.8, 4) is 5.75 Å². The topological polar surface area (TPSA) is 47.3 Å². The van der Waals surface area contributed by atoms with Gasteiger partial charge in [-0.15, -0.1) is 0 Å². The molecule has 0 saturated carbocycles. The molecule has 1 aliphatic carbocycles. The van der Waals surface area contributed by atoms with Gasteiger partial charge in [-0.1, -0.05) is 36.4 Å². The van der Waals surface area contributed by atoms with E-state index in [4.69, 9.17) is 10.6 Å². The zero-order chi connectivity index (χ0) is 13.9. The van der Waals surface area contributed by atoms with E-state index in [2.05, 4.69) is 29.7 Å². The largest absolute Gasteiger partial charge is 0.496 e. The fourth-order valence-corrected chi connectivity index (χ4v) is 3.04. The predicted molar refractivity (Wildman–Crippen MR) is 80.6 cm³/mol. The number of aryl methyl sites for hydroxylation is 2. The van der Waals surface area contributed by atoms with Crippen LogP contribution in [0.2, 0.25) is 0 Å². The van der Waals surface area contributed by atoms with E-state index >= 15 is 0 Å². The third-order valence-electron chi connectivity index (χ3n) is 4.07. The molecular weight excluding hydrogens is 248 g/mol. The number of nitrogens with two attached hydrogens (primary N) is 1. The second kappa shape index (κ2) is 5.65. The van der Waals surface area contributed by atoms with Gasteiger partial charge in [0.15, 0.2) is 0 Å². The smallest absolute Gasteiger partial charge is 0.124 e. The highest BCUT2D eigenvalue weighted by Gasteiger charge is 2.19. The molecule has 0 fully saturated rings. The first kappa shape index (κ1) is 13.2. The van der Waals surface area contributed by atoms with Gasteiger partial charge in [-0.05, 0) is 42.0 Å². The molecule has 0 aromatic heterocycles. The van der Waals surface area contributed by atoms with Crippen molar-refractivity contribution in [1.29, 1.82) is 0 Å². The van der Waals surface area contributed by atoms with Crippen LogP contribution in [0.25, 0.3) is 0 Å². The summed E-state index contributed by atoms with van der Waals surface area (Å²) < 4.78 is 5.45. The highest BCUT2D eigenvalue weighted by Crippen LogP contribution is 2.32. The summed E-state index contributed by atoms with van der Waals surface area (Å²) in [6.07, 6.45) is 3.63. The lowest BCUT2D eigenvalue weighted by Gasteiger charge is -2.20. The van der Waals surface area contributed by atoms with Gasteiger partial charge in [-0.3, -0.25) is 5.84 Å². The predicted octanol–water partition coefficient (Wildman–Crippen LogP) is 2.74. The van der Waals surface area contributed by atoms with Gasteiger partial charge in [0.05, 0.1) is 13.2 Å². The van der Waals surface area contributed by atoms with E-state index < -0.39 is 0 Å². The van der Waals surface area contributed by atoms with Gasteiger partial charge in [0.1, 0.15) is 5.75 Å². The Morgan fingerprint density at radius 1 is 1.10 bits per heavy atom. The van der Waals surface area contributed by atoms with Crippen LogP contribution in [0.3, 0.4) is 0 Å². The minimum Gasteiger partial charge on any atom is -0.496 e. The van der Waals surface area contributed by atoms with Gasteiger partial charge in [0.25, 0.3) is 0 Å². The summed E-state index contributed by atoms with van der Waals surface area (Å²) in [5, 5.41) is 0. The van der Waals surface area contributed by atoms with Crippen molar-refractivity contribution in [2.24, 2.45) is 5.84 Å². The Hall–Kier alpha value is -1.84. The Labute approximate surface area is 119 Å². The van der Waals surface area contributed by atoms with Crippen LogP contribution in [0, 0.1) is 0 Å². The third kappa shape index (κ3) is 2.30. The van der Waals surface area contributed by atoms with Crippen molar-refractivity contribution in [3.63, 3.8) is 0 Å². The standard InChI is InChI=1S/C17H20N2O/c1-20-16-8-3-2-7-15(16)17(19-18)14-10-9-12-5-4-6-13(12)11-14/h2-3,7-11,17,19H,4-6,18H2,1H3. The Kier molecular flexibility index (Phi) is 3.72. The fraction of sp³-hybridized carbons (Fsp3) is 0.294. The first-order chi connectivity index (χ1) is 9.83. The maximum atomic E-state index is 5.80. The van der Waals surface area contributed by atoms with Crippen LogP contribution in [-0.4, -0.2) is 7.11 Å². The second-order valence-corrected chi connectivity index (χ2v) is 5.22. The minimum absolute atomic E-state index is 0.0444. The molecule has 1 aliphatic rings. The third-order valence-corrected chi connectivity index (χ3v) is 4.07. The normalized spacial score (nSPS) is 14.9. The average molecular weight is 268 g/mol.